The molecule has 0 aromatic heterocycles. The molecule has 1 aromatic rings. The largest absolute Gasteiger partial charge is 0.404 e. The second kappa shape index (κ2) is 5.17. The first-order valence-electron chi connectivity index (χ1n) is 4.99. The van der Waals surface area contributed by atoms with E-state index in [1.165, 1.54) is 0 Å². The summed E-state index contributed by atoms with van der Waals surface area (Å²) in [6, 6.07) is 3.87. The van der Waals surface area contributed by atoms with Crippen LogP contribution >= 0.6 is 0 Å². The van der Waals surface area contributed by atoms with E-state index in [9.17, 15) is 26.3 Å². The van der Waals surface area contributed by atoms with Gasteiger partial charge in [0.05, 0.1) is 0 Å². The van der Waals surface area contributed by atoms with Crippen LogP contribution in [0.5, 0.6) is 0 Å². The third kappa shape index (κ3) is 3.63. The van der Waals surface area contributed by atoms with E-state index in [2.05, 4.69) is 0 Å². The molecule has 0 bridgehead atoms. The molecule has 0 saturated heterocycles. The summed E-state index contributed by atoms with van der Waals surface area (Å²) in [7, 11) is 0. The first kappa shape index (κ1) is 14.8. The maximum atomic E-state index is 12.4. The van der Waals surface area contributed by atoms with Gasteiger partial charge in [-0.15, -0.1) is 0 Å². The van der Waals surface area contributed by atoms with Crippen molar-refractivity contribution >= 4 is 0 Å². The summed E-state index contributed by atoms with van der Waals surface area (Å²) in [4.78, 5) is 0. The number of halogens is 6. The zero-order valence-corrected chi connectivity index (χ0v) is 9.02. The molecule has 0 aliphatic heterocycles. The van der Waals surface area contributed by atoms with Crippen LogP contribution in [0.3, 0.4) is 0 Å². The predicted octanol–water partition coefficient (Wildman–Crippen LogP) is 3.43. The number of benzene rings is 1. The highest BCUT2D eigenvalue weighted by molar-refractivity contribution is 5.27. The van der Waals surface area contributed by atoms with Crippen LogP contribution in [0.15, 0.2) is 24.3 Å². The molecule has 0 spiro atoms. The third-order valence-corrected chi connectivity index (χ3v) is 2.37. The molecule has 1 nitrogen and oxygen atoms in total. The minimum atomic E-state index is -5.38. The van der Waals surface area contributed by atoms with Crippen LogP contribution in [0.1, 0.15) is 17.0 Å². The lowest BCUT2D eigenvalue weighted by atomic mass is 9.96. The molecule has 0 amide bonds. The molecule has 0 saturated carbocycles. The van der Waals surface area contributed by atoms with Crippen molar-refractivity contribution in [3.05, 3.63) is 35.4 Å². The fourth-order valence-corrected chi connectivity index (χ4v) is 1.57. The van der Waals surface area contributed by atoms with Crippen LogP contribution in [0, 0.1) is 0 Å². The SMILES string of the molecule is OCCc1ccc(C(C(F)(F)F)C(F)(F)F)cc1. The van der Waals surface area contributed by atoms with Gasteiger partial charge in [0, 0.05) is 6.61 Å². The van der Waals surface area contributed by atoms with Crippen LogP contribution in [-0.2, 0) is 6.42 Å². The Bertz CT molecular complexity index is 364. The Morgan fingerprint density at radius 3 is 1.67 bits per heavy atom. The number of aliphatic hydroxyl groups is 1. The molecule has 18 heavy (non-hydrogen) atoms. The Morgan fingerprint density at radius 2 is 1.33 bits per heavy atom. The second-order valence-corrected chi connectivity index (χ2v) is 3.73. The number of hydrogen-bond acceptors (Lipinski definition) is 1. The topological polar surface area (TPSA) is 20.2 Å². The van der Waals surface area contributed by atoms with Crippen molar-refractivity contribution in [2.75, 3.05) is 6.61 Å². The van der Waals surface area contributed by atoms with Gasteiger partial charge >= 0.3 is 12.4 Å². The summed E-state index contributed by atoms with van der Waals surface area (Å²) in [5.41, 5.74) is -0.374. The van der Waals surface area contributed by atoms with Gasteiger partial charge in [-0.05, 0) is 17.5 Å². The van der Waals surface area contributed by atoms with Gasteiger partial charge in [0.1, 0.15) is 0 Å². The highest BCUT2D eigenvalue weighted by atomic mass is 19.4. The maximum absolute atomic E-state index is 12.4. The van der Waals surface area contributed by atoms with Crippen LogP contribution < -0.4 is 0 Å². The van der Waals surface area contributed by atoms with Crippen LogP contribution in [0.25, 0.3) is 0 Å². The van der Waals surface area contributed by atoms with E-state index >= 15 is 0 Å². The first-order valence-corrected chi connectivity index (χ1v) is 4.99. The van der Waals surface area contributed by atoms with Crippen molar-refractivity contribution in [2.24, 2.45) is 0 Å². The van der Waals surface area contributed by atoms with Crippen LogP contribution in [0.2, 0.25) is 0 Å². The third-order valence-electron chi connectivity index (χ3n) is 2.37. The first-order chi connectivity index (χ1) is 8.16. The minimum Gasteiger partial charge on any atom is -0.396 e. The molecule has 7 heteroatoms. The van der Waals surface area contributed by atoms with Gasteiger partial charge in [0.15, 0.2) is 5.92 Å². The molecule has 0 unspecified atom stereocenters. The Labute approximate surface area is 99.0 Å². The summed E-state index contributed by atoms with van der Waals surface area (Å²) in [6.07, 6.45) is -10.6. The van der Waals surface area contributed by atoms with Gasteiger partial charge < -0.3 is 5.11 Å². The number of aliphatic hydroxyl groups excluding tert-OH is 1. The Kier molecular flexibility index (Phi) is 4.26. The van der Waals surface area contributed by atoms with Crippen molar-refractivity contribution < 1.29 is 31.4 Å². The molecular weight excluding hydrogens is 262 g/mol. The van der Waals surface area contributed by atoms with Crippen LogP contribution in [0.4, 0.5) is 26.3 Å². The van der Waals surface area contributed by atoms with E-state index in [4.69, 9.17) is 5.11 Å². The standard InChI is InChI=1S/C11H10F6O/c12-10(13,14)9(11(15,16)17)8-3-1-7(2-4-8)5-6-18/h1-4,9,18H,5-6H2. The highest BCUT2D eigenvalue weighted by Crippen LogP contribution is 2.46. The van der Waals surface area contributed by atoms with E-state index in [1.54, 1.807) is 0 Å². The monoisotopic (exact) mass is 272 g/mol. The molecule has 1 aromatic carbocycles. The number of rotatable bonds is 3. The molecule has 0 aliphatic carbocycles. The lowest BCUT2D eigenvalue weighted by Crippen LogP contribution is -2.34. The number of hydrogen-bond donors (Lipinski definition) is 1. The molecule has 0 aliphatic rings. The summed E-state index contributed by atoms with van der Waals surface area (Å²) >= 11 is 0. The Balaban J connectivity index is 3.08. The molecule has 0 heterocycles. The fourth-order valence-electron chi connectivity index (χ4n) is 1.57. The zero-order valence-electron chi connectivity index (χ0n) is 9.02. The van der Waals surface area contributed by atoms with Gasteiger partial charge in [-0.3, -0.25) is 0 Å². The van der Waals surface area contributed by atoms with Crippen molar-refractivity contribution in [2.45, 2.75) is 24.7 Å². The normalized spacial score (nSPS) is 13.1. The Hall–Kier alpha value is -1.24. The van der Waals surface area contributed by atoms with Crippen molar-refractivity contribution in [1.29, 1.82) is 0 Å². The lowest BCUT2D eigenvalue weighted by molar-refractivity contribution is -0.253. The average Bonchev–Trinajstić information content (AvgIpc) is 2.17. The van der Waals surface area contributed by atoms with Crippen molar-refractivity contribution in [3.8, 4) is 0 Å². The number of alkyl halides is 6. The average molecular weight is 272 g/mol. The van der Waals surface area contributed by atoms with Crippen molar-refractivity contribution in [3.63, 3.8) is 0 Å². The summed E-state index contributed by atoms with van der Waals surface area (Å²) < 4.78 is 74.3. The highest BCUT2D eigenvalue weighted by Gasteiger charge is 2.57. The fraction of sp³-hybridized carbons (Fsp3) is 0.455. The van der Waals surface area contributed by atoms with Gasteiger partial charge in [-0.1, -0.05) is 24.3 Å². The van der Waals surface area contributed by atoms with Crippen LogP contribution in [-0.4, -0.2) is 24.1 Å². The predicted molar refractivity (Wildman–Crippen MR) is 52.1 cm³/mol. The summed E-state index contributed by atoms with van der Waals surface area (Å²) in [5.74, 6) is -3.48. The smallest absolute Gasteiger partial charge is 0.396 e. The van der Waals surface area contributed by atoms with E-state index in [-0.39, 0.29) is 13.0 Å². The molecule has 0 atom stereocenters. The minimum absolute atomic E-state index is 0.184. The molecule has 0 radical (unpaired) electrons. The molecule has 1 rings (SSSR count). The van der Waals surface area contributed by atoms with E-state index in [0.29, 0.717) is 5.56 Å². The molecule has 0 fully saturated rings. The maximum Gasteiger partial charge on any atom is 0.404 e. The van der Waals surface area contributed by atoms with E-state index in [0.717, 1.165) is 24.3 Å². The Morgan fingerprint density at radius 1 is 0.889 bits per heavy atom. The van der Waals surface area contributed by atoms with E-state index in [1.807, 2.05) is 0 Å². The molecule has 1 N–H and O–H groups in total. The van der Waals surface area contributed by atoms with Crippen molar-refractivity contribution in [1.82, 2.24) is 0 Å². The van der Waals surface area contributed by atoms with Gasteiger partial charge in [0.2, 0.25) is 0 Å². The molecular formula is C11H10F6O. The summed E-state index contributed by atoms with van der Waals surface area (Å²) in [5, 5.41) is 8.60. The van der Waals surface area contributed by atoms with Gasteiger partial charge in [-0.2, -0.15) is 26.3 Å². The zero-order chi connectivity index (χ0) is 14.0. The lowest BCUT2D eigenvalue weighted by Gasteiger charge is -2.23. The van der Waals surface area contributed by atoms with Gasteiger partial charge in [-0.25, -0.2) is 0 Å². The van der Waals surface area contributed by atoms with Gasteiger partial charge in [0.25, 0.3) is 0 Å². The quantitative estimate of drug-likeness (QED) is 0.836. The second-order valence-electron chi connectivity index (χ2n) is 3.73. The molecule has 102 valence electrons. The summed E-state index contributed by atoms with van der Waals surface area (Å²) in [6.45, 7) is -0.221. The van der Waals surface area contributed by atoms with E-state index < -0.39 is 23.8 Å².